The lowest BCUT2D eigenvalue weighted by Gasteiger charge is -2.25. The van der Waals surface area contributed by atoms with E-state index in [0.717, 1.165) is 24.8 Å². The van der Waals surface area contributed by atoms with Crippen LogP contribution in [-0.2, 0) is 11.3 Å². The summed E-state index contributed by atoms with van der Waals surface area (Å²) in [5, 5.41) is 10.9. The van der Waals surface area contributed by atoms with Gasteiger partial charge in [0, 0.05) is 11.3 Å². The number of benzene rings is 1. The molecule has 0 radical (unpaired) electrons. The Morgan fingerprint density at radius 1 is 1.24 bits per heavy atom. The van der Waals surface area contributed by atoms with Crippen LogP contribution in [0.25, 0.3) is 0 Å². The van der Waals surface area contributed by atoms with Crippen LogP contribution in [0.2, 0.25) is 0 Å². The van der Waals surface area contributed by atoms with Gasteiger partial charge in [0.05, 0.1) is 6.61 Å². The van der Waals surface area contributed by atoms with Crippen LogP contribution in [0.5, 0.6) is 0 Å². The molecule has 0 N–H and O–H groups in total. The molecule has 0 aromatic heterocycles. The summed E-state index contributed by atoms with van der Waals surface area (Å²) in [6, 6.07) is 9.28. The Hall–Kier alpha value is -1.42. The van der Waals surface area contributed by atoms with Gasteiger partial charge in [0.25, 0.3) is 0 Å². The van der Waals surface area contributed by atoms with Crippen LogP contribution in [0.1, 0.15) is 31.2 Å². The van der Waals surface area contributed by atoms with Gasteiger partial charge in [0.1, 0.15) is 6.10 Å². The number of ether oxygens (including phenoxy) is 1. The van der Waals surface area contributed by atoms with Crippen LogP contribution < -0.4 is 0 Å². The highest BCUT2D eigenvalue weighted by Gasteiger charge is 2.34. The van der Waals surface area contributed by atoms with E-state index in [9.17, 15) is 10.1 Å². The predicted molar refractivity (Wildman–Crippen MR) is 64.3 cm³/mol. The van der Waals surface area contributed by atoms with Crippen molar-refractivity contribution in [1.29, 1.82) is 0 Å². The monoisotopic (exact) mass is 235 g/mol. The maximum absolute atomic E-state index is 10.9. The highest BCUT2D eigenvalue weighted by molar-refractivity contribution is 5.13. The average molecular weight is 235 g/mol. The Morgan fingerprint density at radius 2 is 1.94 bits per heavy atom. The molecule has 17 heavy (non-hydrogen) atoms. The molecule has 1 aromatic carbocycles. The van der Waals surface area contributed by atoms with Crippen molar-refractivity contribution in [2.75, 3.05) is 0 Å². The second-order valence-corrected chi connectivity index (χ2v) is 4.47. The van der Waals surface area contributed by atoms with Gasteiger partial charge >= 0.3 is 0 Å². The van der Waals surface area contributed by atoms with E-state index in [-0.39, 0.29) is 11.0 Å². The molecule has 0 bridgehead atoms. The molecular formula is C13H17NO3. The van der Waals surface area contributed by atoms with Crippen molar-refractivity contribution in [3.63, 3.8) is 0 Å². The standard InChI is InChI=1S/C13H17NO3/c15-14(16)12-8-4-5-9-13(12)17-10-11-6-2-1-3-7-11/h1-3,6-7,12-13H,4-5,8-10H2/t12-,13+/m0/s1. The zero-order chi connectivity index (χ0) is 12.1. The minimum atomic E-state index is -0.521. The summed E-state index contributed by atoms with van der Waals surface area (Å²) in [7, 11) is 0. The van der Waals surface area contributed by atoms with Crippen molar-refractivity contribution in [3.05, 3.63) is 46.0 Å². The second-order valence-electron chi connectivity index (χ2n) is 4.47. The predicted octanol–water partition coefficient (Wildman–Crippen LogP) is 2.79. The van der Waals surface area contributed by atoms with Crippen molar-refractivity contribution in [3.8, 4) is 0 Å². The Bertz CT molecular complexity index is 366. The third kappa shape index (κ3) is 3.27. The quantitative estimate of drug-likeness (QED) is 0.595. The van der Waals surface area contributed by atoms with Crippen LogP contribution in [0, 0.1) is 10.1 Å². The Labute approximate surface area is 101 Å². The fourth-order valence-electron chi connectivity index (χ4n) is 2.29. The first kappa shape index (κ1) is 12.0. The normalized spacial score (nSPS) is 24.5. The maximum atomic E-state index is 10.9. The fourth-order valence-corrected chi connectivity index (χ4v) is 2.29. The van der Waals surface area contributed by atoms with Crippen LogP contribution >= 0.6 is 0 Å². The second kappa shape index (κ2) is 5.77. The molecule has 0 amide bonds. The molecule has 0 unspecified atom stereocenters. The molecular weight excluding hydrogens is 218 g/mol. The van der Waals surface area contributed by atoms with Gasteiger partial charge in [-0.25, -0.2) is 0 Å². The fraction of sp³-hybridized carbons (Fsp3) is 0.538. The molecule has 1 aliphatic carbocycles. The van der Waals surface area contributed by atoms with Gasteiger partial charge in [-0.3, -0.25) is 10.1 Å². The van der Waals surface area contributed by atoms with Crippen molar-refractivity contribution in [2.45, 2.75) is 44.4 Å². The zero-order valence-corrected chi connectivity index (χ0v) is 9.75. The Balaban J connectivity index is 1.90. The lowest BCUT2D eigenvalue weighted by atomic mass is 9.93. The van der Waals surface area contributed by atoms with Crippen LogP contribution in [0.15, 0.2) is 30.3 Å². The number of hydrogen-bond acceptors (Lipinski definition) is 3. The Morgan fingerprint density at radius 3 is 2.65 bits per heavy atom. The van der Waals surface area contributed by atoms with Crippen molar-refractivity contribution in [1.82, 2.24) is 0 Å². The minimum absolute atomic E-state index is 0.186. The summed E-state index contributed by atoms with van der Waals surface area (Å²) in [4.78, 5) is 10.7. The molecule has 1 fully saturated rings. The van der Waals surface area contributed by atoms with Crippen LogP contribution in [0.3, 0.4) is 0 Å². The SMILES string of the molecule is O=[N+]([O-])[C@H]1CCCC[C@H]1OCc1ccccc1. The van der Waals surface area contributed by atoms with Gasteiger partial charge in [-0.15, -0.1) is 0 Å². The first-order chi connectivity index (χ1) is 8.27. The number of nitrogens with zero attached hydrogens (tertiary/aromatic N) is 1. The van der Waals surface area contributed by atoms with E-state index in [2.05, 4.69) is 0 Å². The molecule has 1 aliphatic rings. The minimum Gasteiger partial charge on any atom is -0.366 e. The third-order valence-electron chi connectivity index (χ3n) is 3.25. The summed E-state index contributed by atoms with van der Waals surface area (Å²) in [5.74, 6) is 0. The van der Waals surface area contributed by atoms with Gasteiger partial charge in [0.15, 0.2) is 0 Å². The van der Waals surface area contributed by atoms with Gasteiger partial charge in [-0.1, -0.05) is 36.8 Å². The highest BCUT2D eigenvalue weighted by atomic mass is 16.6. The zero-order valence-electron chi connectivity index (χ0n) is 9.75. The molecule has 4 nitrogen and oxygen atoms in total. The van der Waals surface area contributed by atoms with Gasteiger partial charge in [0.2, 0.25) is 6.04 Å². The maximum Gasteiger partial charge on any atom is 0.238 e. The smallest absolute Gasteiger partial charge is 0.238 e. The Kier molecular flexibility index (Phi) is 4.09. The summed E-state index contributed by atoms with van der Waals surface area (Å²) < 4.78 is 5.70. The van der Waals surface area contributed by atoms with E-state index in [4.69, 9.17) is 4.74 Å². The molecule has 4 heteroatoms. The highest BCUT2D eigenvalue weighted by Crippen LogP contribution is 2.24. The topological polar surface area (TPSA) is 52.4 Å². The van der Waals surface area contributed by atoms with E-state index in [0.29, 0.717) is 13.0 Å². The molecule has 1 aromatic rings. The van der Waals surface area contributed by atoms with Crippen molar-refractivity contribution >= 4 is 0 Å². The van der Waals surface area contributed by atoms with Gasteiger partial charge in [-0.2, -0.15) is 0 Å². The van der Waals surface area contributed by atoms with E-state index < -0.39 is 6.04 Å². The van der Waals surface area contributed by atoms with Gasteiger partial charge < -0.3 is 4.74 Å². The molecule has 0 heterocycles. The number of rotatable bonds is 4. The van der Waals surface area contributed by atoms with E-state index >= 15 is 0 Å². The van der Waals surface area contributed by atoms with Crippen LogP contribution in [0.4, 0.5) is 0 Å². The number of nitro groups is 1. The summed E-state index contributed by atoms with van der Waals surface area (Å²) in [5.41, 5.74) is 1.07. The lowest BCUT2D eigenvalue weighted by Crippen LogP contribution is -2.38. The summed E-state index contributed by atoms with van der Waals surface area (Å²) in [6.45, 7) is 0.468. The molecule has 0 aliphatic heterocycles. The largest absolute Gasteiger partial charge is 0.366 e. The number of hydrogen-bond donors (Lipinski definition) is 0. The molecule has 2 atom stereocenters. The van der Waals surface area contributed by atoms with E-state index in [1.807, 2.05) is 30.3 Å². The lowest BCUT2D eigenvalue weighted by molar-refractivity contribution is -0.539. The van der Waals surface area contributed by atoms with E-state index in [1.165, 1.54) is 0 Å². The third-order valence-corrected chi connectivity index (χ3v) is 3.25. The molecule has 92 valence electrons. The summed E-state index contributed by atoms with van der Waals surface area (Å²) in [6.07, 6.45) is 3.20. The van der Waals surface area contributed by atoms with Crippen molar-refractivity contribution < 1.29 is 9.66 Å². The first-order valence-electron chi connectivity index (χ1n) is 6.06. The van der Waals surface area contributed by atoms with Crippen LogP contribution in [-0.4, -0.2) is 17.1 Å². The van der Waals surface area contributed by atoms with E-state index in [1.54, 1.807) is 0 Å². The molecule has 1 saturated carbocycles. The first-order valence-corrected chi connectivity index (χ1v) is 6.06. The molecule has 2 rings (SSSR count). The molecule has 0 saturated heterocycles. The average Bonchev–Trinajstić information content (AvgIpc) is 2.38. The van der Waals surface area contributed by atoms with Crippen molar-refractivity contribution in [2.24, 2.45) is 0 Å². The van der Waals surface area contributed by atoms with Gasteiger partial charge in [-0.05, 0) is 18.4 Å². The summed E-state index contributed by atoms with van der Waals surface area (Å²) >= 11 is 0. The molecule has 0 spiro atoms.